The number of hydrogen-bond donors (Lipinski definition) is 3. The van der Waals surface area contributed by atoms with Crippen LogP contribution >= 0.6 is 0 Å². The van der Waals surface area contributed by atoms with Crippen molar-refractivity contribution in [2.45, 2.75) is 50.0 Å². The number of nitrogens with one attached hydrogen (secondary N) is 1. The molecule has 0 amide bonds. The third-order valence-electron chi connectivity index (χ3n) is 4.35. The van der Waals surface area contributed by atoms with E-state index in [4.69, 9.17) is 5.73 Å². The fourth-order valence-corrected chi connectivity index (χ4v) is 3.81. The number of nitrogen functional groups attached to an aromatic ring is 1. The topological polar surface area (TPSA) is 92.4 Å². The first-order chi connectivity index (χ1) is 9.72. The van der Waals surface area contributed by atoms with E-state index in [0.717, 1.165) is 18.4 Å². The van der Waals surface area contributed by atoms with Crippen LogP contribution in [0.2, 0.25) is 0 Å². The van der Waals surface area contributed by atoms with Gasteiger partial charge in [-0.2, -0.15) is 0 Å². The predicted molar refractivity (Wildman–Crippen MR) is 83.4 cm³/mol. The normalized spacial score (nSPS) is 26.7. The van der Waals surface area contributed by atoms with Gasteiger partial charge in [-0.3, -0.25) is 0 Å². The van der Waals surface area contributed by atoms with Crippen molar-refractivity contribution in [2.24, 2.45) is 5.92 Å². The van der Waals surface area contributed by atoms with Crippen LogP contribution in [0.4, 0.5) is 5.69 Å². The molecule has 1 aromatic carbocycles. The van der Waals surface area contributed by atoms with Crippen LogP contribution in [0.1, 0.15) is 38.2 Å². The van der Waals surface area contributed by atoms with Crippen molar-refractivity contribution in [1.29, 1.82) is 0 Å². The Bertz CT molecular complexity index is 605. The number of anilines is 1. The van der Waals surface area contributed by atoms with Gasteiger partial charge in [0.2, 0.25) is 10.0 Å². The van der Waals surface area contributed by atoms with Crippen LogP contribution in [0.5, 0.6) is 0 Å². The summed E-state index contributed by atoms with van der Waals surface area (Å²) in [4.78, 5) is 0.182. The summed E-state index contributed by atoms with van der Waals surface area (Å²) >= 11 is 0. The Morgan fingerprint density at radius 2 is 2.00 bits per heavy atom. The van der Waals surface area contributed by atoms with Crippen molar-refractivity contribution in [2.75, 3.05) is 12.3 Å². The highest BCUT2D eigenvalue weighted by atomic mass is 32.2. The summed E-state index contributed by atoms with van der Waals surface area (Å²) in [6.07, 6.45) is 3.13. The molecule has 118 valence electrons. The molecule has 1 aliphatic rings. The summed E-state index contributed by atoms with van der Waals surface area (Å²) < 4.78 is 27.1. The molecular formula is C15H24N2O3S. The van der Waals surface area contributed by atoms with E-state index in [9.17, 15) is 13.5 Å². The lowest BCUT2D eigenvalue weighted by atomic mass is 9.80. The first-order valence-electron chi connectivity index (χ1n) is 7.30. The molecule has 0 bridgehead atoms. The van der Waals surface area contributed by atoms with Crippen molar-refractivity contribution in [1.82, 2.24) is 4.72 Å². The number of aryl methyl sites for hydroxylation is 1. The minimum absolute atomic E-state index is 0.0610. The van der Waals surface area contributed by atoms with Gasteiger partial charge in [-0.25, -0.2) is 13.1 Å². The fraction of sp³-hybridized carbons (Fsp3) is 0.600. The lowest BCUT2D eigenvalue weighted by Crippen LogP contribution is -2.45. The van der Waals surface area contributed by atoms with Gasteiger partial charge in [0.05, 0.1) is 10.5 Å². The van der Waals surface area contributed by atoms with E-state index in [1.54, 1.807) is 19.1 Å². The molecule has 0 spiro atoms. The molecule has 21 heavy (non-hydrogen) atoms. The first kappa shape index (κ1) is 16.3. The number of aliphatic hydroxyl groups is 1. The summed E-state index contributed by atoms with van der Waals surface area (Å²) in [5.74, 6) is 0.599. The highest BCUT2D eigenvalue weighted by Gasteiger charge is 2.33. The Balaban J connectivity index is 2.06. The highest BCUT2D eigenvalue weighted by Crippen LogP contribution is 2.31. The van der Waals surface area contributed by atoms with Crippen LogP contribution in [0.3, 0.4) is 0 Å². The van der Waals surface area contributed by atoms with E-state index in [1.807, 2.05) is 0 Å². The molecular weight excluding hydrogens is 288 g/mol. The Hall–Kier alpha value is -1.11. The zero-order valence-electron chi connectivity index (χ0n) is 12.6. The first-order valence-corrected chi connectivity index (χ1v) is 8.78. The van der Waals surface area contributed by atoms with E-state index < -0.39 is 15.6 Å². The highest BCUT2D eigenvalue weighted by molar-refractivity contribution is 7.89. The summed E-state index contributed by atoms with van der Waals surface area (Å²) in [7, 11) is -3.62. The maximum absolute atomic E-state index is 12.3. The molecule has 0 unspecified atom stereocenters. The Morgan fingerprint density at radius 1 is 1.38 bits per heavy atom. The average Bonchev–Trinajstić information content (AvgIpc) is 2.43. The van der Waals surface area contributed by atoms with Gasteiger partial charge in [0.15, 0.2) is 0 Å². The lowest BCUT2D eigenvalue weighted by Gasteiger charge is -2.34. The van der Waals surface area contributed by atoms with Crippen molar-refractivity contribution >= 4 is 15.7 Å². The third kappa shape index (κ3) is 3.96. The maximum Gasteiger partial charge on any atom is 0.240 e. The molecule has 0 aliphatic heterocycles. The van der Waals surface area contributed by atoms with Gasteiger partial charge in [0.25, 0.3) is 0 Å². The zero-order valence-corrected chi connectivity index (χ0v) is 13.4. The smallest absolute Gasteiger partial charge is 0.240 e. The number of hydrogen-bond acceptors (Lipinski definition) is 4. The van der Waals surface area contributed by atoms with E-state index in [0.29, 0.717) is 24.4 Å². The minimum atomic E-state index is -3.62. The molecule has 0 saturated heterocycles. The number of rotatable bonds is 4. The van der Waals surface area contributed by atoms with Gasteiger partial charge in [-0.1, -0.05) is 6.92 Å². The van der Waals surface area contributed by atoms with Crippen LogP contribution in [-0.2, 0) is 10.0 Å². The van der Waals surface area contributed by atoms with Crippen LogP contribution in [0.25, 0.3) is 0 Å². The lowest BCUT2D eigenvalue weighted by molar-refractivity contribution is -0.00182. The van der Waals surface area contributed by atoms with Gasteiger partial charge in [0, 0.05) is 12.2 Å². The maximum atomic E-state index is 12.3. The van der Waals surface area contributed by atoms with Crippen molar-refractivity contribution < 1.29 is 13.5 Å². The molecule has 1 saturated carbocycles. The second-order valence-electron chi connectivity index (χ2n) is 6.25. The molecule has 0 atom stereocenters. The summed E-state index contributed by atoms with van der Waals surface area (Å²) in [6, 6.07) is 4.61. The number of benzene rings is 1. The van der Waals surface area contributed by atoms with Gasteiger partial charge in [0.1, 0.15) is 0 Å². The molecule has 1 aromatic rings. The Morgan fingerprint density at radius 3 is 2.57 bits per heavy atom. The largest absolute Gasteiger partial charge is 0.399 e. The monoisotopic (exact) mass is 312 g/mol. The molecule has 5 nitrogen and oxygen atoms in total. The quantitative estimate of drug-likeness (QED) is 0.739. The van der Waals surface area contributed by atoms with E-state index in [-0.39, 0.29) is 11.4 Å². The average molecular weight is 312 g/mol. The number of sulfonamides is 1. The summed E-state index contributed by atoms with van der Waals surface area (Å²) in [5, 5.41) is 10.5. The van der Waals surface area contributed by atoms with E-state index in [2.05, 4.69) is 11.6 Å². The fourth-order valence-electron chi connectivity index (χ4n) is 2.60. The molecule has 1 fully saturated rings. The molecule has 0 heterocycles. The van der Waals surface area contributed by atoms with Crippen LogP contribution < -0.4 is 10.5 Å². The minimum Gasteiger partial charge on any atom is -0.399 e. The molecule has 1 aliphatic carbocycles. The van der Waals surface area contributed by atoms with Crippen LogP contribution in [0, 0.1) is 12.8 Å². The molecule has 6 heteroatoms. The van der Waals surface area contributed by atoms with Crippen molar-refractivity contribution in [3.05, 3.63) is 23.8 Å². The van der Waals surface area contributed by atoms with Gasteiger partial charge in [-0.05, 0) is 62.3 Å². The van der Waals surface area contributed by atoms with Crippen molar-refractivity contribution in [3.63, 3.8) is 0 Å². The van der Waals surface area contributed by atoms with Gasteiger partial charge < -0.3 is 10.8 Å². The SMILES string of the molecule is Cc1cc(S(=O)(=O)NCC2(O)CCC(C)CC2)ccc1N. The summed E-state index contributed by atoms with van der Waals surface area (Å²) in [5.41, 5.74) is 6.06. The zero-order chi connectivity index (χ0) is 15.7. The molecule has 2 rings (SSSR count). The third-order valence-corrected chi connectivity index (χ3v) is 5.75. The standard InChI is InChI=1S/C15H24N2O3S/c1-11-5-7-15(18,8-6-11)10-17-21(19,20)13-3-4-14(16)12(2)9-13/h3-4,9,11,17-18H,5-8,10,16H2,1-2H3. The van der Waals surface area contributed by atoms with Gasteiger partial charge in [-0.15, -0.1) is 0 Å². The van der Waals surface area contributed by atoms with Crippen LogP contribution in [-0.4, -0.2) is 25.7 Å². The number of nitrogens with two attached hydrogens (primary N) is 1. The van der Waals surface area contributed by atoms with E-state index >= 15 is 0 Å². The van der Waals surface area contributed by atoms with Crippen LogP contribution in [0.15, 0.2) is 23.1 Å². The Labute approximate surface area is 126 Å². The second kappa shape index (κ2) is 5.94. The summed E-state index contributed by atoms with van der Waals surface area (Å²) in [6.45, 7) is 3.98. The predicted octanol–water partition coefficient (Wildman–Crippen LogP) is 1.80. The van der Waals surface area contributed by atoms with Crippen molar-refractivity contribution in [3.8, 4) is 0 Å². The van der Waals surface area contributed by atoms with E-state index in [1.165, 1.54) is 6.07 Å². The molecule has 0 radical (unpaired) electrons. The second-order valence-corrected chi connectivity index (χ2v) is 8.02. The van der Waals surface area contributed by atoms with Gasteiger partial charge >= 0.3 is 0 Å². The Kier molecular flexibility index (Phi) is 4.60. The molecule has 4 N–H and O–H groups in total. The molecule has 0 aromatic heterocycles.